The molecule has 1 N–H and O–H groups in total. The molecule has 2 aromatic carbocycles. The summed E-state index contributed by atoms with van der Waals surface area (Å²) < 4.78 is 5.25. The van der Waals surface area contributed by atoms with E-state index in [1.165, 1.54) is 6.92 Å². The highest BCUT2D eigenvalue weighted by molar-refractivity contribution is 5.95. The van der Waals surface area contributed by atoms with Gasteiger partial charge < -0.3 is 15.0 Å². The Morgan fingerprint density at radius 3 is 2.33 bits per heavy atom. The van der Waals surface area contributed by atoms with Crippen molar-refractivity contribution < 1.29 is 14.3 Å². The minimum absolute atomic E-state index is 0.0343. The average Bonchev–Trinajstić information content (AvgIpc) is 2.94. The Bertz CT molecular complexity index is 784. The van der Waals surface area contributed by atoms with Gasteiger partial charge in [0, 0.05) is 24.7 Å². The van der Waals surface area contributed by atoms with Crippen LogP contribution in [0.15, 0.2) is 48.5 Å². The highest BCUT2D eigenvalue weighted by atomic mass is 16.5. The van der Waals surface area contributed by atoms with Gasteiger partial charge >= 0.3 is 0 Å². The van der Waals surface area contributed by atoms with Gasteiger partial charge in [-0.25, -0.2) is 0 Å². The smallest absolute Gasteiger partial charge is 0.254 e. The Morgan fingerprint density at radius 2 is 1.70 bits per heavy atom. The normalized spacial score (nSPS) is 17.1. The summed E-state index contributed by atoms with van der Waals surface area (Å²) >= 11 is 0. The second-order valence-corrected chi connectivity index (χ2v) is 6.90. The lowest BCUT2D eigenvalue weighted by Crippen LogP contribution is -2.34. The zero-order valence-electron chi connectivity index (χ0n) is 15.9. The Morgan fingerprint density at radius 1 is 1.00 bits per heavy atom. The highest BCUT2D eigenvalue weighted by Gasteiger charge is 2.27. The van der Waals surface area contributed by atoms with Gasteiger partial charge in [-0.1, -0.05) is 25.0 Å². The summed E-state index contributed by atoms with van der Waals surface area (Å²) in [6.45, 7) is 2.22. The molecular formula is C22H26N2O3. The molecule has 3 rings (SSSR count). The lowest BCUT2D eigenvalue weighted by molar-refractivity contribution is -0.114. The quantitative estimate of drug-likeness (QED) is 0.872. The van der Waals surface area contributed by atoms with E-state index in [0.717, 1.165) is 43.5 Å². The van der Waals surface area contributed by atoms with Crippen LogP contribution >= 0.6 is 0 Å². The molecule has 1 aliphatic heterocycles. The van der Waals surface area contributed by atoms with Gasteiger partial charge in [0.15, 0.2) is 0 Å². The van der Waals surface area contributed by atoms with Gasteiger partial charge in [-0.2, -0.15) is 0 Å². The van der Waals surface area contributed by atoms with Gasteiger partial charge in [0.1, 0.15) is 5.75 Å². The predicted octanol–water partition coefficient (Wildman–Crippen LogP) is 4.41. The summed E-state index contributed by atoms with van der Waals surface area (Å²) in [5, 5.41) is 2.73. The zero-order valence-corrected chi connectivity index (χ0v) is 15.9. The van der Waals surface area contributed by atoms with E-state index in [0.29, 0.717) is 11.3 Å². The number of hydrogen-bond acceptors (Lipinski definition) is 3. The first kappa shape index (κ1) is 19.0. The summed E-state index contributed by atoms with van der Waals surface area (Å²) in [6.07, 6.45) is 4.23. The van der Waals surface area contributed by atoms with Crippen LogP contribution in [0.4, 0.5) is 5.69 Å². The van der Waals surface area contributed by atoms with Crippen LogP contribution in [0.3, 0.4) is 0 Å². The number of nitrogens with one attached hydrogen (secondary N) is 1. The fourth-order valence-electron chi connectivity index (χ4n) is 3.59. The van der Waals surface area contributed by atoms with Crippen LogP contribution in [0.1, 0.15) is 54.6 Å². The fraction of sp³-hybridized carbons (Fsp3) is 0.364. The number of methoxy groups -OCH3 is 1. The van der Waals surface area contributed by atoms with E-state index in [1.54, 1.807) is 31.4 Å². The molecule has 0 spiro atoms. The molecular weight excluding hydrogens is 340 g/mol. The summed E-state index contributed by atoms with van der Waals surface area (Å²) in [5.74, 6) is 0.729. The van der Waals surface area contributed by atoms with E-state index in [2.05, 4.69) is 17.4 Å². The average molecular weight is 366 g/mol. The minimum Gasteiger partial charge on any atom is -0.497 e. The maximum Gasteiger partial charge on any atom is 0.254 e. The summed E-state index contributed by atoms with van der Waals surface area (Å²) in [5.41, 5.74) is 2.48. The van der Waals surface area contributed by atoms with E-state index < -0.39 is 0 Å². The van der Waals surface area contributed by atoms with Crippen molar-refractivity contribution in [2.75, 3.05) is 19.0 Å². The van der Waals surface area contributed by atoms with Gasteiger partial charge in [-0.3, -0.25) is 9.59 Å². The van der Waals surface area contributed by atoms with Crippen LogP contribution in [-0.4, -0.2) is 30.4 Å². The van der Waals surface area contributed by atoms with E-state index in [4.69, 9.17) is 4.74 Å². The third-order valence-corrected chi connectivity index (χ3v) is 4.97. The van der Waals surface area contributed by atoms with Gasteiger partial charge in [-0.05, 0) is 54.8 Å². The topological polar surface area (TPSA) is 58.6 Å². The molecule has 1 aliphatic rings. The van der Waals surface area contributed by atoms with Crippen molar-refractivity contribution in [3.8, 4) is 5.75 Å². The molecule has 5 heteroatoms. The van der Waals surface area contributed by atoms with Crippen LogP contribution in [0.5, 0.6) is 5.75 Å². The predicted molar refractivity (Wildman–Crippen MR) is 106 cm³/mol. The molecule has 0 bridgehead atoms. The van der Waals surface area contributed by atoms with Crippen molar-refractivity contribution >= 4 is 17.5 Å². The second kappa shape index (κ2) is 8.71. The van der Waals surface area contributed by atoms with E-state index in [9.17, 15) is 9.59 Å². The number of ether oxygens (including phenoxy) is 1. The largest absolute Gasteiger partial charge is 0.497 e. The molecule has 0 saturated carbocycles. The van der Waals surface area contributed by atoms with Gasteiger partial charge in [0.05, 0.1) is 13.2 Å². The first-order valence-corrected chi connectivity index (χ1v) is 9.41. The molecule has 0 aromatic heterocycles. The molecule has 27 heavy (non-hydrogen) atoms. The van der Waals surface area contributed by atoms with Gasteiger partial charge in [0.25, 0.3) is 5.91 Å². The Hall–Kier alpha value is -2.82. The third-order valence-electron chi connectivity index (χ3n) is 4.97. The number of carbonyl (C=O) groups is 2. The number of benzene rings is 2. The lowest BCUT2D eigenvalue weighted by Gasteiger charge is -2.31. The SMILES string of the molecule is COc1ccc(C2CCCCCN2C(=O)c2ccc(NC(C)=O)cc2)cc1. The first-order valence-electron chi connectivity index (χ1n) is 9.41. The van der Waals surface area contributed by atoms with Crippen molar-refractivity contribution in [2.45, 2.75) is 38.6 Å². The molecule has 1 fully saturated rings. The number of hydrogen-bond donors (Lipinski definition) is 1. The molecule has 1 atom stereocenters. The fourth-order valence-corrected chi connectivity index (χ4v) is 3.59. The maximum absolute atomic E-state index is 13.2. The molecule has 0 radical (unpaired) electrons. The van der Waals surface area contributed by atoms with Crippen molar-refractivity contribution in [1.82, 2.24) is 4.90 Å². The van der Waals surface area contributed by atoms with Gasteiger partial charge in [0.2, 0.25) is 5.91 Å². The Labute approximate surface area is 160 Å². The third kappa shape index (κ3) is 4.67. The maximum atomic E-state index is 13.2. The number of carbonyl (C=O) groups excluding carboxylic acids is 2. The summed E-state index contributed by atoms with van der Waals surface area (Å²) in [4.78, 5) is 26.4. The van der Waals surface area contributed by atoms with Crippen LogP contribution in [-0.2, 0) is 4.79 Å². The first-order chi connectivity index (χ1) is 13.1. The Kier molecular flexibility index (Phi) is 6.12. The van der Waals surface area contributed by atoms with Crippen molar-refractivity contribution in [2.24, 2.45) is 0 Å². The highest BCUT2D eigenvalue weighted by Crippen LogP contribution is 2.32. The van der Waals surface area contributed by atoms with Crippen LogP contribution in [0, 0.1) is 0 Å². The minimum atomic E-state index is -0.124. The molecule has 2 aromatic rings. The number of likely N-dealkylation sites (tertiary alicyclic amines) is 1. The molecule has 0 aliphatic carbocycles. The molecule has 1 heterocycles. The van der Waals surface area contributed by atoms with E-state index >= 15 is 0 Å². The van der Waals surface area contributed by atoms with Crippen molar-refractivity contribution in [1.29, 1.82) is 0 Å². The lowest BCUT2D eigenvalue weighted by atomic mass is 10.00. The summed E-state index contributed by atoms with van der Waals surface area (Å²) in [7, 11) is 1.65. The number of rotatable bonds is 4. The zero-order chi connectivity index (χ0) is 19.2. The standard InChI is InChI=1S/C22H26N2O3/c1-16(25)23-19-11-7-18(8-12-19)22(26)24-15-5-3-4-6-21(24)17-9-13-20(27-2)14-10-17/h7-14,21H,3-6,15H2,1-2H3,(H,23,25). The summed E-state index contributed by atoms with van der Waals surface area (Å²) in [6, 6.07) is 15.2. The van der Waals surface area contributed by atoms with Crippen LogP contribution < -0.4 is 10.1 Å². The Balaban J connectivity index is 1.83. The van der Waals surface area contributed by atoms with E-state index in [1.807, 2.05) is 17.0 Å². The molecule has 5 nitrogen and oxygen atoms in total. The monoisotopic (exact) mass is 366 g/mol. The molecule has 2 amide bonds. The number of amides is 2. The molecule has 142 valence electrons. The van der Waals surface area contributed by atoms with Crippen LogP contribution in [0.25, 0.3) is 0 Å². The van der Waals surface area contributed by atoms with E-state index in [-0.39, 0.29) is 17.9 Å². The van der Waals surface area contributed by atoms with Crippen molar-refractivity contribution in [3.05, 3.63) is 59.7 Å². The molecule has 1 unspecified atom stereocenters. The number of nitrogens with zero attached hydrogens (tertiary/aromatic N) is 1. The molecule has 1 saturated heterocycles. The number of anilines is 1. The second-order valence-electron chi connectivity index (χ2n) is 6.90. The van der Waals surface area contributed by atoms with Crippen molar-refractivity contribution in [3.63, 3.8) is 0 Å². The van der Waals surface area contributed by atoms with Gasteiger partial charge in [-0.15, -0.1) is 0 Å². The van der Waals surface area contributed by atoms with Crippen LogP contribution in [0.2, 0.25) is 0 Å².